The number of methoxy groups -OCH3 is 1. The van der Waals surface area contributed by atoms with E-state index in [0.717, 1.165) is 12.8 Å². The Morgan fingerprint density at radius 3 is 2.58 bits per heavy atom. The molecule has 1 aliphatic rings. The van der Waals surface area contributed by atoms with E-state index in [2.05, 4.69) is 39.4 Å². The fourth-order valence-electron chi connectivity index (χ4n) is 2.62. The Bertz CT molecular complexity index is 467. The number of esters is 1. The maximum absolute atomic E-state index is 11.6. The number of hydrogen-bond donors (Lipinski definition) is 1. The van der Waals surface area contributed by atoms with Crippen LogP contribution >= 0.6 is 15.9 Å². The van der Waals surface area contributed by atoms with Crippen molar-refractivity contribution in [1.82, 2.24) is 5.32 Å². The Morgan fingerprint density at radius 1 is 1.37 bits per heavy atom. The van der Waals surface area contributed by atoms with Crippen molar-refractivity contribution in [3.63, 3.8) is 0 Å². The first-order valence-corrected chi connectivity index (χ1v) is 7.34. The second kappa shape index (κ2) is 5.63. The summed E-state index contributed by atoms with van der Waals surface area (Å²) in [5.41, 5.74) is 0.745. The third kappa shape index (κ3) is 3.18. The molecule has 0 bridgehead atoms. The highest BCUT2D eigenvalue weighted by atomic mass is 79.9. The molecule has 1 aromatic rings. The molecule has 0 spiro atoms. The van der Waals surface area contributed by atoms with Gasteiger partial charge in [0.05, 0.1) is 7.11 Å². The van der Waals surface area contributed by atoms with Crippen molar-refractivity contribution in [2.45, 2.75) is 44.2 Å². The molecule has 0 amide bonds. The number of carbonyl (C=O) groups excluding carboxylic acids is 1. The molecule has 1 saturated carbocycles. The highest BCUT2D eigenvalue weighted by Crippen LogP contribution is 2.40. The van der Waals surface area contributed by atoms with Crippen molar-refractivity contribution in [1.29, 1.82) is 0 Å². The molecule has 104 valence electrons. The molecule has 0 unspecified atom stereocenters. The summed E-state index contributed by atoms with van der Waals surface area (Å²) in [4.78, 5) is 11.6. The van der Waals surface area contributed by atoms with Gasteiger partial charge >= 0.3 is 5.97 Å². The van der Waals surface area contributed by atoms with Gasteiger partial charge in [-0.2, -0.15) is 0 Å². The normalized spacial score (nSPS) is 22.7. The van der Waals surface area contributed by atoms with Crippen LogP contribution in [0.25, 0.3) is 0 Å². The SMILES string of the molecule is COC(=O)C(C)(C)NC1CC(c2ccccc2Br)C1. The van der Waals surface area contributed by atoms with Crippen LogP contribution in [0.2, 0.25) is 0 Å². The van der Waals surface area contributed by atoms with Gasteiger partial charge in [0.2, 0.25) is 0 Å². The number of hydrogen-bond acceptors (Lipinski definition) is 3. The van der Waals surface area contributed by atoms with E-state index in [0.29, 0.717) is 12.0 Å². The van der Waals surface area contributed by atoms with Gasteiger partial charge in [-0.15, -0.1) is 0 Å². The molecular weight excluding hydrogens is 306 g/mol. The smallest absolute Gasteiger partial charge is 0.325 e. The van der Waals surface area contributed by atoms with E-state index in [-0.39, 0.29) is 5.97 Å². The minimum absolute atomic E-state index is 0.211. The lowest BCUT2D eigenvalue weighted by Gasteiger charge is -2.40. The van der Waals surface area contributed by atoms with Crippen molar-refractivity contribution >= 4 is 21.9 Å². The van der Waals surface area contributed by atoms with Crippen molar-refractivity contribution in [3.05, 3.63) is 34.3 Å². The summed E-state index contributed by atoms with van der Waals surface area (Å²) in [6, 6.07) is 8.72. The minimum Gasteiger partial charge on any atom is -0.468 e. The van der Waals surface area contributed by atoms with Gasteiger partial charge in [-0.3, -0.25) is 10.1 Å². The van der Waals surface area contributed by atoms with Crippen LogP contribution < -0.4 is 5.32 Å². The van der Waals surface area contributed by atoms with Crippen LogP contribution in [0, 0.1) is 0 Å². The summed E-state index contributed by atoms with van der Waals surface area (Å²) < 4.78 is 5.98. The molecule has 1 N–H and O–H groups in total. The molecule has 0 aliphatic heterocycles. The minimum atomic E-state index is -0.613. The van der Waals surface area contributed by atoms with Crippen molar-refractivity contribution in [2.75, 3.05) is 7.11 Å². The van der Waals surface area contributed by atoms with Gasteiger partial charge in [-0.1, -0.05) is 34.1 Å². The molecule has 0 aromatic heterocycles. The van der Waals surface area contributed by atoms with Crippen LogP contribution in [-0.2, 0) is 9.53 Å². The summed E-state index contributed by atoms with van der Waals surface area (Å²) in [5.74, 6) is 0.360. The lowest BCUT2D eigenvalue weighted by Crippen LogP contribution is -2.55. The van der Waals surface area contributed by atoms with Gasteiger partial charge in [-0.05, 0) is 44.2 Å². The van der Waals surface area contributed by atoms with E-state index in [1.807, 2.05) is 19.9 Å². The first-order chi connectivity index (χ1) is 8.94. The second-order valence-electron chi connectivity index (χ2n) is 5.65. The van der Waals surface area contributed by atoms with Crippen molar-refractivity contribution in [2.24, 2.45) is 0 Å². The molecule has 1 aliphatic carbocycles. The van der Waals surface area contributed by atoms with Gasteiger partial charge in [0.1, 0.15) is 5.54 Å². The third-order valence-electron chi connectivity index (χ3n) is 3.74. The second-order valence-corrected chi connectivity index (χ2v) is 6.50. The zero-order chi connectivity index (χ0) is 14.0. The van der Waals surface area contributed by atoms with Crippen molar-refractivity contribution < 1.29 is 9.53 Å². The Morgan fingerprint density at radius 2 is 2.00 bits per heavy atom. The van der Waals surface area contributed by atoms with E-state index >= 15 is 0 Å². The van der Waals surface area contributed by atoms with Crippen LogP contribution in [0.1, 0.15) is 38.2 Å². The monoisotopic (exact) mass is 325 g/mol. The molecule has 0 atom stereocenters. The molecule has 1 fully saturated rings. The van der Waals surface area contributed by atoms with E-state index < -0.39 is 5.54 Å². The molecule has 0 radical (unpaired) electrons. The molecule has 0 heterocycles. The van der Waals surface area contributed by atoms with Crippen LogP contribution in [0.4, 0.5) is 0 Å². The summed E-state index contributed by atoms with van der Waals surface area (Å²) >= 11 is 3.59. The lowest BCUT2D eigenvalue weighted by molar-refractivity contribution is -0.147. The average Bonchev–Trinajstić information content (AvgIpc) is 2.33. The third-order valence-corrected chi connectivity index (χ3v) is 4.47. The molecule has 2 rings (SSSR count). The number of benzene rings is 1. The number of nitrogens with one attached hydrogen (secondary N) is 1. The fraction of sp³-hybridized carbons (Fsp3) is 0.533. The standard InChI is InChI=1S/C15H20BrNO2/c1-15(2,14(18)19-3)17-11-8-10(9-11)12-6-4-5-7-13(12)16/h4-7,10-11,17H,8-9H2,1-3H3. The quantitative estimate of drug-likeness (QED) is 0.864. The lowest BCUT2D eigenvalue weighted by atomic mass is 9.75. The van der Waals surface area contributed by atoms with E-state index in [4.69, 9.17) is 4.74 Å². The van der Waals surface area contributed by atoms with E-state index in [1.54, 1.807) is 0 Å². The Balaban J connectivity index is 1.91. The van der Waals surface area contributed by atoms with Gasteiger partial charge < -0.3 is 4.74 Å². The predicted octanol–water partition coefficient (Wildman–Crippen LogP) is 3.24. The molecule has 1 aromatic carbocycles. The number of carbonyl (C=O) groups is 1. The summed E-state index contributed by atoms with van der Waals surface area (Å²) in [6.07, 6.45) is 2.12. The van der Waals surface area contributed by atoms with Crippen LogP contribution in [0.5, 0.6) is 0 Å². The van der Waals surface area contributed by atoms with Gasteiger partial charge in [-0.25, -0.2) is 0 Å². The number of rotatable bonds is 4. The van der Waals surface area contributed by atoms with E-state index in [1.165, 1.54) is 17.1 Å². The topological polar surface area (TPSA) is 38.3 Å². The van der Waals surface area contributed by atoms with Crippen LogP contribution in [-0.4, -0.2) is 24.7 Å². The summed E-state index contributed by atoms with van der Waals surface area (Å²) in [6.45, 7) is 3.73. The zero-order valence-corrected chi connectivity index (χ0v) is 13.2. The largest absolute Gasteiger partial charge is 0.468 e. The Labute approximate surface area is 122 Å². The summed E-state index contributed by atoms with van der Waals surface area (Å²) in [5, 5.41) is 3.37. The van der Waals surface area contributed by atoms with Gasteiger partial charge in [0.25, 0.3) is 0 Å². The first-order valence-electron chi connectivity index (χ1n) is 6.54. The molecule has 0 saturated heterocycles. The predicted molar refractivity (Wildman–Crippen MR) is 79.1 cm³/mol. The van der Waals surface area contributed by atoms with Gasteiger partial charge in [0.15, 0.2) is 0 Å². The van der Waals surface area contributed by atoms with Crippen LogP contribution in [0.15, 0.2) is 28.7 Å². The van der Waals surface area contributed by atoms with Crippen LogP contribution in [0.3, 0.4) is 0 Å². The van der Waals surface area contributed by atoms with E-state index in [9.17, 15) is 4.79 Å². The number of ether oxygens (including phenoxy) is 1. The fourth-order valence-corrected chi connectivity index (χ4v) is 3.23. The maximum Gasteiger partial charge on any atom is 0.325 e. The van der Waals surface area contributed by atoms with Crippen molar-refractivity contribution in [3.8, 4) is 0 Å². The highest BCUT2D eigenvalue weighted by molar-refractivity contribution is 9.10. The average molecular weight is 326 g/mol. The Kier molecular flexibility index (Phi) is 4.31. The Hall–Kier alpha value is -0.870. The molecular formula is C15H20BrNO2. The van der Waals surface area contributed by atoms with Gasteiger partial charge in [0, 0.05) is 10.5 Å². The number of halogens is 1. The first kappa shape index (κ1) is 14.5. The molecule has 4 heteroatoms. The highest BCUT2D eigenvalue weighted by Gasteiger charge is 2.38. The molecule has 3 nitrogen and oxygen atoms in total. The zero-order valence-electron chi connectivity index (χ0n) is 11.6. The maximum atomic E-state index is 11.6. The summed E-state index contributed by atoms with van der Waals surface area (Å²) in [7, 11) is 1.43. The molecule has 19 heavy (non-hydrogen) atoms.